The van der Waals surface area contributed by atoms with Crippen LogP contribution in [0.3, 0.4) is 0 Å². The van der Waals surface area contributed by atoms with Gasteiger partial charge in [-0.2, -0.15) is 0 Å². The van der Waals surface area contributed by atoms with Crippen LogP contribution in [0.4, 0.5) is 0 Å². The Kier molecular flexibility index (Phi) is 2.54. The van der Waals surface area contributed by atoms with Crippen LogP contribution in [0.15, 0.2) is 24.3 Å². The second-order valence-corrected chi connectivity index (χ2v) is 4.87. The monoisotopic (exact) mass is 231 g/mol. The van der Waals surface area contributed by atoms with E-state index >= 15 is 0 Å². The number of nitrogens with zero attached hydrogens (tertiary/aromatic N) is 1. The van der Waals surface area contributed by atoms with Crippen LogP contribution in [-0.2, 0) is 4.79 Å². The number of para-hydroxylation sites is 1. The molecule has 1 aliphatic carbocycles. The van der Waals surface area contributed by atoms with Crippen molar-refractivity contribution >= 4 is 5.91 Å². The zero-order valence-electron chi connectivity index (χ0n) is 10.1. The van der Waals surface area contributed by atoms with Gasteiger partial charge in [0.15, 0.2) is 0 Å². The molecule has 2 aliphatic rings. The highest BCUT2D eigenvalue weighted by molar-refractivity contribution is 5.81. The Labute approximate surface area is 101 Å². The Bertz CT molecular complexity index is 440. The molecule has 17 heavy (non-hydrogen) atoms. The average Bonchev–Trinajstić information content (AvgIpc) is 3.17. The van der Waals surface area contributed by atoms with Crippen molar-refractivity contribution in [3.8, 4) is 5.75 Å². The first-order valence-corrected chi connectivity index (χ1v) is 6.29. The Morgan fingerprint density at radius 3 is 2.88 bits per heavy atom. The predicted molar refractivity (Wildman–Crippen MR) is 64.8 cm³/mol. The molecule has 1 fully saturated rings. The van der Waals surface area contributed by atoms with E-state index in [9.17, 15) is 4.79 Å². The summed E-state index contributed by atoms with van der Waals surface area (Å²) in [7, 11) is 0. The van der Waals surface area contributed by atoms with Crippen molar-refractivity contribution in [1.29, 1.82) is 0 Å². The number of benzene rings is 1. The molecule has 90 valence electrons. The zero-order valence-corrected chi connectivity index (χ0v) is 10.1. The molecule has 1 amide bonds. The molecule has 0 N–H and O–H groups in total. The van der Waals surface area contributed by atoms with E-state index in [1.807, 2.05) is 23.1 Å². The van der Waals surface area contributed by atoms with E-state index in [0.29, 0.717) is 19.1 Å². The summed E-state index contributed by atoms with van der Waals surface area (Å²) in [5, 5.41) is 0. The molecule has 1 aromatic carbocycles. The first kappa shape index (κ1) is 10.6. The summed E-state index contributed by atoms with van der Waals surface area (Å²) >= 11 is 0. The first-order valence-electron chi connectivity index (χ1n) is 6.29. The van der Waals surface area contributed by atoms with Gasteiger partial charge in [-0.15, -0.1) is 0 Å². The van der Waals surface area contributed by atoms with Gasteiger partial charge in [-0.1, -0.05) is 18.2 Å². The minimum Gasteiger partial charge on any atom is -0.491 e. The zero-order chi connectivity index (χ0) is 11.8. The minimum absolute atomic E-state index is 0.127. The summed E-state index contributed by atoms with van der Waals surface area (Å²) < 4.78 is 5.71. The fourth-order valence-corrected chi connectivity index (χ4v) is 2.44. The smallest absolute Gasteiger partial charge is 0.226 e. The quantitative estimate of drug-likeness (QED) is 0.742. The van der Waals surface area contributed by atoms with Crippen LogP contribution < -0.4 is 4.74 Å². The third kappa shape index (κ3) is 1.90. The maximum Gasteiger partial charge on any atom is 0.226 e. The van der Waals surface area contributed by atoms with Gasteiger partial charge in [0.05, 0.1) is 12.6 Å². The summed E-state index contributed by atoms with van der Waals surface area (Å²) in [4.78, 5) is 14.2. The Morgan fingerprint density at radius 2 is 2.12 bits per heavy atom. The van der Waals surface area contributed by atoms with E-state index in [1.165, 1.54) is 0 Å². The van der Waals surface area contributed by atoms with E-state index in [4.69, 9.17) is 4.74 Å². The molecule has 3 nitrogen and oxygen atoms in total. The number of rotatable bonds is 1. The number of carbonyl (C=O) groups is 1. The van der Waals surface area contributed by atoms with Crippen LogP contribution in [0.5, 0.6) is 5.75 Å². The van der Waals surface area contributed by atoms with Crippen LogP contribution in [0.1, 0.15) is 31.4 Å². The fraction of sp³-hybridized carbons (Fsp3) is 0.500. The predicted octanol–water partition coefficient (Wildman–Crippen LogP) is 2.38. The number of ether oxygens (including phenoxy) is 1. The lowest BCUT2D eigenvalue weighted by atomic mass is 10.1. The lowest BCUT2D eigenvalue weighted by Crippen LogP contribution is -2.36. The number of fused-ring (bicyclic) bond motifs is 1. The highest BCUT2D eigenvalue weighted by Crippen LogP contribution is 2.37. The second-order valence-electron chi connectivity index (χ2n) is 4.87. The minimum atomic E-state index is 0.127. The van der Waals surface area contributed by atoms with Gasteiger partial charge in [-0.3, -0.25) is 4.79 Å². The first-order chi connectivity index (χ1) is 8.27. The average molecular weight is 231 g/mol. The van der Waals surface area contributed by atoms with Crippen LogP contribution >= 0.6 is 0 Å². The molecular weight excluding hydrogens is 214 g/mol. The molecule has 1 atom stereocenters. The van der Waals surface area contributed by atoms with E-state index in [0.717, 1.165) is 24.2 Å². The molecule has 1 aromatic rings. The molecule has 0 saturated heterocycles. The number of carbonyl (C=O) groups excluding carboxylic acids is 1. The van der Waals surface area contributed by atoms with Gasteiger partial charge >= 0.3 is 0 Å². The van der Waals surface area contributed by atoms with Crippen LogP contribution in [0.2, 0.25) is 0 Å². The third-order valence-electron chi connectivity index (χ3n) is 3.64. The topological polar surface area (TPSA) is 29.5 Å². The van der Waals surface area contributed by atoms with Gasteiger partial charge in [-0.05, 0) is 25.8 Å². The Balaban J connectivity index is 1.90. The SMILES string of the molecule is CC1c2ccccc2OCCN1C(=O)C1CC1. The summed E-state index contributed by atoms with van der Waals surface area (Å²) in [6.07, 6.45) is 2.12. The van der Waals surface area contributed by atoms with Gasteiger partial charge in [0, 0.05) is 11.5 Å². The standard InChI is InChI=1S/C14H17NO2/c1-10-12-4-2-3-5-13(12)17-9-8-15(10)14(16)11-6-7-11/h2-5,10-11H,6-9H2,1H3. The van der Waals surface area contributed by atoms with Crippen molar-refractivity contribution in [3.63, 3.8) is 0 Å². The van der Waals surface area contributed by atoms with Crippen molar-refractivity contribution in [3.05, 3.63) is 29.8 Å². The number of amides is 1. The largest absolute Gasteiger partial charge is 0.491 e. The van der Waals surface area contributed by atoms with Gasteiger partial charge < -0.3 is 9.64 Å². The molecule has 0 spiro atoms. The van der Waals surface area contributed by atoms with Crippen molar-refractivity contribution in [1.82, 2.24) is 4.90 Å². The van der Waals surface area contributed by atoms with E-state index < -0.39 is 0 Å². The summed E-state index contributed by atoms with van der Waals surface area (Å²) in [6.45, 7) is 3.39. The molecule has 1 heterocycles. The number of hydrogen-bond donors (Lipinski definition) is 0. The van der Waals surface area contributed by atoms with Gasteiger partial charge in [0.25, 0.3) is 0 Å². The normalized spacial score (nSPS) is 23.6. The lowest BCUT2D eigenvalue weighted by molar-refractivity contribution is -0.134. The molecule has 0 aromatic heterocycles. The van der Waals surface area contributed by atoms with E-state index in [2.05, 4.69) is 13.0 Å². The third-order valence-corrected chi connectivity index (χ3v) is 3.64. The molecule has 0 radical (unpaired) electrons. The molecular formula is C14H17NO2. The van der Waals surface area contributed by atoms with Crippen LogP contribution in [0.25, 0.3) is 0 Å². The number of hydrogen-bond acceptors (Lipinski definition) is 2. The molecule has 3 rings (SSSR count). The van der Waals surface area contributed by atoms with Crippen molar-refractivity contribution in [2.24, 2.45) is 5.92 Å². The fourth-order valence-electron chi connectivity index (χ4n) is 2.44. The van der Waals surface area contributed by atoms with Crippen molar-refractivity contribution in [2.45, 2.75) is 25.8 Å². The molecule has 0 bridgehead atoms. The highest BCUT2D eigenvalue weighted by Gasteiger charge is 2.36. The maximum atomic E-state index is 12.2. The second kappa shape index (κ2) is 4.06. The maximum absolute atomic E-state index is 12.2. The summed E-state index contributed by atoms with van der Waals surface area (Å²) in [5.74, 6) is 1.51. The van der Waals surface area contributed by atoms with E-state index in [1.54, 1.807) is 0 Å². The molecule has 3 heteroatoms. The van der Waals surface area contributed by atoms with Crippen LogP contribution in [-0.4, -0.2) is 24.0 Å². The summed E-state index contributed by atoms with van der Waals surface area (Å²) in [5.41, 5.74) is 1.12. The van der Waals surface area contributed by atoms with E-state index in [-0.39, 0.29) is 12.0 Å². The van der Waals surface area contributed by atoms with Gasteiger partial charge in [-0.25, -0.2) is 0 Å². The van der Waals surface area contributed by atoms with Crippen molar-refractivity contribution in [2.75, 3.05) is 13.2 Å². The molecule has 1 unspecified atom stereocenters. The summed E-state index contributed by atoms with van der Waals surface area (Å²) in [6, 6.07) is 8.14. The van der Waals surface area contributed by atoms with Crippen LogP contribution in [0, 0.1) is 5.92 Å². The molecule has 1 saturated carbocycles. The van der Waals surface area contributed by atoms with Gasteiger partial charge in [0.1, 0.15) is 12.4 Å². The molecule has 1 aliphatic heterocycles. The van der Waals surface area contributed by atoms with Gasteiger partial charge in [0.2, 0.25) is 5.91 Å². The Morgan fingerprint density at radius 1 is 1.35 bits per heavy atom. The van der Waals surface area contributed by atoms with Crippen molar-refractivity contribution < 1.29 is 9.53 Å². The Hall–Kier alpha value is -1.51. The highest BCUT2D eigenvalue weighted by atomic mass is 16.5. The lowest BCUT2D eigenvalue weighted by Gasteiger charge is -2.27.